The molecule has 0 spiro atoms. The van der Waals surface area contributed by atoms with E-state index in [0.29, 0.717) is 0 Å². The van der Waals surface area contributed by atoms with Crippen LogP contribution in [0, 0.1) is 0 Å². The molecule has 15 heavy (non-hydrogen) atoms. The highest BCUT2D eigenvalue weighted by Crippen LogP contribution is 2.23. The standard InChI is InChI=1S/C12H12N2S/c15-10-4-2-9-3-5-12(13-11(9)8-10)14-6-1-7-14/h2-5,8,15H,1,6-7H2. The van der Waals surface area contributed by atoms with Crippen LogP contribution in [0.25, 0.3) is 10.9 Å². The number of hydrogen-bond donors (Lipinski definition) is 1. The molecule has 0 radical (unpaired) electrons. The van der Waals surface area contributed by atoms with Crippen LogP contribution in [0.1, 0.15) is 6.42 Å². The number of anilines is 1. The van der Waals surface area contributed by atoms with E-state index in [2.05, 4.69) is 40.7 Å². The van der Waals surface area contributed by atoms with E-state index in [1.54, 1.807) is 0 Å². The van der Waals surface area contributed by atoms with Gasteiger partial charge in [-0.2, -0.15) is 0 Å². The van der Waals surface area contributed by atoms with E-state index in [9.17, 15) is 0 Å². The summed E-state index contributed by atoms with van der Waals surface area (Å²) in [4.78, 5) is 7.90. The fourth-order valence-electron chi connectivity index (χ4n) is 1.82. The van der Waals surface area contributed by atoms with Crippen LogP contribution in [0.2, 0.25) is 0 Å². The lowest BCUT2D eigenvalue weighted by molar-refractivity contribution is 0.611. The molecule has 0 atom stereocenters. The minimum Gasteiger partial charge on any atom is -0.356 e. The highest BCUT2D eigenvalue weighted by molar-refractivity contribution is 7.80. The van der Waals surface area contributed by atoms with Gasteiger partial charge in [-0.25, -0.2) is 4.98 Å². The van der Waals surface area contributed by atoms with E-state index < -0.39 is 0 Å². The first kappa shape index (κ1) is 9.04. The predicted molar refractivity (Wildman–Crippen MR) is 65.8 cm³/mol. The van der Waals surface area contributed by atoms with Gasteiger partial charge in [0.05, 0.1) is 5.52 Å². The fourth-order valence-corrected chi connectivity index (χ4v) is 2.01. The largest absolute Gasteiger partial charge is 0.356 e. The molecular weight excluding hydrogens is 204 g/mol. The summed E-state index contributed by atoms with van der Waals surface area (Å²) in [5.74, 6) is 1.09. The molecule has 0 N–H and O–H groups in total. The molecule has 0 unspecified atom stereocenters. The molecule has 0 saturated carbocycles. The number of aromatic nitrogens is 1. The van der Waals surface area contributed by atoms with Gasteiger partial charge in [-0.3, -0.25) is 0 Å². The van der Waals surface area contributed by atoms with Crippen LogP contribution in [-0.2, 0) is 0 Å². The van der Waals surface area contributed by atoms with Crippen molar-refractivity contribution in [3.8, 4) is 0 Å². The van der Waals surface area contributed by atoms with Gasteiger partial charge < -0.3 is 4.90 Å². The number of hydrogen-bond acceptors (Lipinski definition) is 3. The van der Waals surface area contributed by atoms with Crippen LogP contribution in [0.15, 0.2) is 35.2 Å². The van der Waals surface area contributed by atoms with Crippen LogP contribution in [0.5, 0.6) is 0 Å². The Morgan fingerprint density at radius 2 is 1.93 bits per heavy atom. The van der Waals surface area contributed by atoms with Crippen molar-refractivity contribution in [1.29, 1.82) is 0 Å². The molecule has 0 bridgehead atoms. The van der Waals surface area contributed by atoms with Crippen LogP contribution in [-0.4, -0.2) is 18.1 Å². The fraction of sp³-hybridized carbons (Fsp3) is 0.250. The van der Waals surface area contributed by atoms with E-state index >= 15 is 0 Å². The Kier molecular flexibility index (Phi) is 2.06. The average molecular weight is 216 g/mol. The first-order chi connectivity index (χ1) is 7.33. The minimum absolute atomic E-state index is 0.968. The topological polar surface area (TPSA) is 16.1 Å². The summed E-state index contributed by atoms with van der Waals surface area (Å²) in [7, 11) is 0. The Morgan fingerprint density at radius 3 is 2.67 bits per heavy atom. The molecule has 2 aromatic rings. The second-order valence-corrected chi connectivity index (χ2v) is 4.40. The second kappa shape index (κ2) is 3.42. The maximum absolute atomic E-state index is 4.64. The number of pyridine rings is 1. The quantitative estimate of drug-likeness (QED) is 0.738. The molecule has 3 heteroatoms. The summed E-state index contributed by atoms with van der Waals surface area (Å²) in [5, 5.41) is 1.18. The number of thiol groups is 1. The molecule has 0 aliphatic carbocycles. The lowest BCUT2D eigenvalue weighted by atomic mass is 10.2. The summed E-state index contributed by atoms with van der Waals surface area (Å²) >= 11 is 4.33. The summed E-state index contributed by atoms with van der Waals surface area (Å²) < 4.78 is 0. The van der Waals surface area contributed by atoms with Gasteiger partial charge in [0.15, 0.2) is 0 Å². The zero-order chi connectivity index (χ0) is 10.3. The zero-order valence-corrected chi connectivity index (χ0v) is 9.24. The van der Waals surface area contributed by atoms with Crippen molar-refractivity contribution >= 4 is 29.3 Å². The maximum Gasteiger partial charge on any atom is 0.129 e. The van der Waals surface area contributed by atoms with Crippen LogP contribution < -0.4 is 4.90 Å². The van der Waals surface area contributed by atoms with Crippen molar-refractivity contribution in [3.05, 3.63) is 30.3 Å². The van der Waals surface area contributed by atoms with Crippen LogP contribution in [0.3, 0.4) is 0 Å². The normalized spacial score (nSPS) is 15.4. The molecular formula is C12H12N2S. The number of fused-ring (bicyclic) bond motifs is 1. The number of nitrogens with zero attached hydrogens (tertiary/aromatic N) is 2. The van der Waals surface area contributed by atoms with E-state index in [1.807, 2.05) is 12.1 Å². The summed E-state index contributed by atoms with van der Waals surface area (Å²) in [6.45, 7) is 2.28. The predicted octanol–water partition coefficient (Wildman–Crippen LogP) is 2.73. The summed E-state index contributed by atoms with van der Waals surface area (Å²) in [6.07, 6.45) is 1.28. The Labute approximate surface area is 94.3 Å². The molecule has 0 amide bonds. The first-order valence-electron chi connectivity index (χ1n) is 5.18. The van der Waals surface area contributed by atoms with Gasteiger partial charge in [-0.05, 0) is 30.7 Å². The highest BCUT2D eigenvalue weighted by Gasteiger charge is 2.15. The second-order valence-electron chi connectivity index (χ2n) is 3.89. The Bertz CT molecular complexity index is 506. The molecule has 3 rings (SSSR count). The van der Waals surface area contributed by atoms with Crippen molar-refractivity contribution in [2.75, 3.05) is 18.0 Å². The third-order valence-corrected chi connectivity index (χ3v) is 3.12. The lowest BCUT2D eigenvalue weighted by Crippen LogP contribution is -2.37. The molecule has 2 nitrogen and oxygen atoms in total. The monoisotopic (exact) mass is 216 g/mol. The van der Waals surface area contributed by atoms with Crippen molar-refractivity contribution in [1.82, 2.24) is 4.98 Å². The Balaban J connectivity index is 2.11. The molecule has 2 heterocycles. The SMILES string of the molecule is Sc1ccc2ccc(N3CCC3)nc2c1. The van der Waals surface area contributed by atoms with Gasteiger partial charge >= 0.3 is 0 Å². The molecule has 1 aliphatic heterocycles. The van der Waals surface area contributed by atoms with E-state index in [0.717, 1.165) is 29.3 Å². The maximum atomic E-state index is 4.64. The molecule has 1 aliphatic rings. The van der Waals surface area contributed by atoms with Crippen LogP contribution in [0.4, 0.5) is 5.82 Å². The summed E-state index contributed by atoms with van der Waals surface area (Å²) in [6, 6.07) is 10.3. The molecule has 1 fully saturated rings. The highest BCUT2D eigenvalue weighted by atomic mass is 32.1. The van der Waals surface area contributed by atoms with Crippen LogP contribution >= 0.6 is 12.6 Å². The third-order valence-electron chi connectivity index (χ3n) is 2.84. The van der Waals surface area contributed by atoms with Gasteiger partial charge in [0.1, 0.15) is 5.82 Å². The number of benzene rings is 1. The Hall–Kier alpha value is -1.22. The smallest absolute Gasteiger partial charge is 0.129 e. The number of rotatable bonds is 1. The minimum atomic E-state index is 0.968. The van der Waals surface area contributed by atoms with Crippen molar-refractivity contribution in [2.24, 2.45) is 0 Å². The van der Waals surface area contributed by atoms with E-state index in [1.165, 1.54) is 11.8 Å². The lowest BCUT2D eigenvalue weighted by Gasteiger charge is -2.32. The van der Waals surface area contributed by atoms with Crippen molar-refractivity contribution < 1.29 is 0 Å². The zero-order valence-electron chi connectivity index (χ0n) is 8.35. The van der Waals surface area contributed by atoms with E-state index in [-0.39, 0.29) is 0 Å². The van der Waals surface area contributed by atoms with Gasteiger partial charge in [-0.15, -0.1) is 12.6 Å². The van der Waals surface area contributed by atoms with Gasteiger partial charge in [-0.1, -0.05) is 6.07 Å². The molecule has 1 aromatic heterocycles. The molecule has 1 aromatic carbocycles. The van der Waals surface area contributed by atoms with E-state index in [4.69, 9.17) is 0 Å². The van der Waals surface area contributed by atoms with Crippen molar-refractivity contribution in [3.63, 3.8) is 0 Å². The molecule has 76 valence electrons. The third kappa shape index (κ3) is 1.57. The average Bonchev–Trinajstić information content (AvgIpc) is 2.14. The van der Waals surface area contributed by atoms with Gasteiger partial charge in [0, 0.05) is 23.4 Å². The molecule has 1 saturated heterocycles. The Morgan fingerprint density at radius 1 is 1.13 bits per heavy atom. The first-order valence-corrected chi connectivity index (χ1v) is 5.62. The van der Waals surface area contributed by atoms with Crippen molar-refractivity contribution in [2.45, 2.75) is 11.3 Å². The van der Waals surface area contributed by atoms with Gasteiger partial charge in [0.2, 0.25) is 0 Å². The van der Waals surface area contributed by atoms with Gasteiger partial charge in [0.25, 0.3) is 0 Å². The summed E-state index contributed by atoms with van der Waals surface area (Å²) in [5.41, 5.74) is 1.03.